The topological polar surface area (TPSA) is 0 Å². The molecule has 0 radical (unpaired) electrons. The second-order valence-electron chi connectivity index (χ2n) is 1.51. The third kappa shape index (κ3) is 8.82. The van der Waals surface area contributed by atoms with Crippen LogP contribution < -0.4 is 18.9 Å². The summed E-state index contributed by atoms with van der Waals surface area (Å²) in [5.41, 5.74) is 0. The molecule has 0 amide bonds. The van der Waals surface area contributed by atoms with Gasteiger partial charge in [-0.25, -0.2) is 0 Å². The van der Waals surface area contributed by atoms with Gasteiger partial charge >= 0.3 is 18.9 Å². The normalized spacial score (nSPS) is 12.5. The third-order valence-electron chi connectivity index (χ3n) is 0.697. The van der Waals surface area contributed by atoms with Crippen LogP contribution in [0.15, 0.2) is 0 Å². The summed E-state index contributed by atoms with van der Waals surface area (Å²) < 4.78 is 0. The van der Waals surface area contributed by atoms with Gasteiger partial charge in [0.1, 0.15) is 0 Å². The molecule has 32 valence electrons. The molecule has 0 aliphatic rings. The zero-order valence-corrected chi connectivity index (χ0v) is 4.99. The third-order valence-corrected chi connectivity index (χ3v) is 0.697. The summed E-state index contributed by atoms with van der Waals surface area (Å²) in [6, 6.07) is 0. The molecule has 0 bridgehead atoms. The van der Waals surface area contributed by atoms with Crippen LogP contribution in [0.1, 0.15) is 20.3 Å². The van der Waals surface area contributed by atoms with Crippen molar-refractivity contribution in [3.63, 3.8) is 0 Å². The minimum Gasteiger partial charge on any atom is -0.341 e. The summed E-state index contributed by atoms with van der Waals surface area (Å²) in [6.07, 6.45) is 1.19. The van der Waals surface area contributed by atoms with Gasteiger partial charge in [0.15, 0.2) is 0 Å². The molecule has 0 saturated heterocycles. The maximum absolute atomic E-state index is 3.76. The van der Waals surface area contributed by atoms with Crippen molar-refractivity contribution < 1.29 is 18.9 Å². The first-order valence-electron chi connectivity index (χ1n) is 2.10. The predicted molar refractivity (Wildman–Crippen MR) is 24.8 cm³/mol. The van der Waals surface area contributed by atoms with E-state index in [4.69, 9.17) is 0 Å². The van der Waals surface area contributed by atoms with Crippen LogP contribution in [0, 0.1) is 12.8 Å². The van der Waals surface area contributed by atoms with Gasteiger partial charge in [-0.1, -0.05) is 20.3 Å². The Morgan fingerprint density at radius 2 is 1.83 bits per heavy atom. The molecule has 0 N–H and O–H groups in total. The van der Waals surface area contributed by atoms with Crippen molar-refractivity contribution in [2.45, 2.75) is 20.3 Å². The zero-order chi connectivity index (χ0) is 4.28. The Morgan fingerprint density at radius 3 is 1.83 bits per heavy atom. The van der Waals surface area contributed by atoms with Gasteiger partial charge in [-0.05, 0) is 0 Å². The van der Waals surface area contributed by atoms with Crippen molar-refractivity contribution in [3.05, 3.63) is 6.92 Å². The van der Waals surface area contributed by atoms with Crippen LogP contribution in [-0.2, 0) is 0 Å². The van der Waals surface area contributed by atoms with Crippen LogP contribution in [-0.4, -0.2) is 0 Å². The molecule has 0 nitrogen and oxygen atoms in total. The minimum atomic E-state index is 0. The monoisotopic (exact) mass is 78.1 g/mol. The second kappa shape index (κ2) is 5.60. The quantitative estimate of drug-likeness (QED) is 0.275. The molecule has 0 aliphatic carbocycles. The van der Waals surface area contributed by atoms with Gasteiger partial charge in [0.25, 0.3) is 0 Å². The van der Waals surface area contributed by atoms with E-state index in [0.717, 1.165) is 0 Å². The van der Waals surface area contributed by atoms with E-state index in [9.17, 15) is 0 Å². The standard InChI is InChI=1S/C5H11.Li/c1-4-5(2)3;/h5H,2,4H2,1,3H3;/q-1;+1/t5-;/m0./s1. The Bertz CT molecular complexity index is 17.9. The van der Waals surface area contributed by atoms with Crippen molar-refractivity contribution in [2.24, 2.45) is 5.92 Å². The van der Waals surface area contributed by atoms with Crippen molar-refractivity contribution in [1.29, 1.82) is 0 Å². The van der Waals surface area contributed by atoms with E-state index in [1.165, 1.54) is 6.42 Å². The Kier molecular flexibility index (Phi) is 9.12. The Hall–Kier alpha value is 0.597. The molecular formula is C5H11Li. The minimum absolute atomic E-state index is 0. The van der Waals surface area contributed by atoms with E-state index in [1.807, 2.05) is 0 Å². The molecule has 6 heavy (non-hydrogen) atoms. The molecule has 0 saturated carbocycles. The summed E-state index contributed by atoms with van der Waals surface area (Å²) in [6.45, 7) is 8.00. The van der Waals surface area contributed by atoms with Gasteiger partial charge in [0.2, 0.25) is 0 Å². The van der Waals surface area contributed by atoms with Crippen LogP contribution in [0.4, 0.5) is 0 Å². The Balaban J connectivity index is 0. The molecule has 0 rings (SSSR count). The first-order valence-corrected chi connectivity index (χ1v) is 2.10. The van der Waals surface area contributed by atoms with Crippen molar-refractivity contribution in [3.8, 4) is 0 Å². The summed E-state index contributed by atoms with van der Waals surface area (Å²) in [5, 5.41) is 0. The number of hydrogen-bond acceptors (Lipinski definition) is 0. The maximum Gasteiger partial charge on any atom is 1.00 e. The number of hydrogen-bond donors (Lipinski definition) is 0. The molecule has 1 atom stereocenters. The predicted octanol–water partition coefficient (Wildman–Crippen LogP) is -1.13. The van der Waals surface area contributed by atoms with Crippen molar-refractivity contribution in [2.75, 3.05) is 0 Å². The second-order valence-corrected chi connectivity index (χ2v) is 1.51. The van der Waals surface area contributed by atoms with Crippen LogP contribution in [0.5, 0.6) is 0 Å². The van der Waals surface area contributed by atoms with Gasteiger partial charge < -0.3 is 6.92 Å². The summed E-state index contributed by atoms with van der Waals surface area (Å²) in [7, 11) is 0. The summed E-state index contributed by atoms with van der Waals surface area (Å²) in [5.74, 6) is 0.634. The van der Waals surface area contributed by atoms with Crippen molar-refractivity contribution >= 4 is 0 Å². The van der Waals surface area contributed by atoms with Gasteiger partial charge in [-0.3, -0.25) is 0 Å². The summed E-state index contributed by atoms with van der Waals surface area (Å²) >= 11 is 0. The molecule has 0 unspecified atom stereocenters. The number of rotatable bonds is 1. The van der Waals surface area contributed by atoms with E-state index in [0.29, 0.717) is 5.92 Å². The van der Waals surface area contributed by atoms with Crippen LogP contribution in [0.2, 0.25) is 0 Å². The van der Waals surface area contributed by atoms with E-state index < -0.39 is 0 Å². The van der Waals surface area contributed by atoms with Gasteiger partial charge in [-0.2, -0.15) is 5.92 Å². The maximum atomic E-state index is 3.76. The van der Waals surface area contributed by atoms with Crippen LogP contribution >= 0.6 is 0 Å². The molecular weight excluding hydrogens is 67.0 g/mol. The average molecular weight is 78.1 g/mol. The fraction of sp³-hybridized carbons (Fsp3) is 0.800. The molecule has 0 aliphatic heterocycles. The molecule has 0 aromatic carbocycles. The fourth-order valence-corrected chi connectivity index (χ4v) is 0. The SMILES string of the molecule is [CH2-][C@@H](C)CC.[Li+]. The molecule has 0 fully saturated rings. The van der Waals surface area contributed by atoms with Crippen LogP contribution in [0.25, 0.3) is 0 Å². The first kappa shape index (κ1) is 9.78. The smallest absolute Gasteiger partial charge is 0.341 e. The van der Waals surface area contributed by atoms with Gasteiger partial charge in [0.05, 0.1) is 0 Å². The van der Waals surface area contributed by atoms with Crippen molar-refractivity contribution in [1.82, 2.24) is 0 Å². The fourth-order valence-electron chi connectivity index (χ4n) is 0. The first-order chi connectivity index (χ1) is 2.27. The molecule has 0 spiro atoms. The van der Waals surface area contributed by atoms with E-state index in [2.05, 4.69) is 20.8 Å². The zero-order valence-electron chi connectivity index (χ0n) is 4.99. The van der Waals surface area contributed by atoms with E-state index in [1.54, 1.807) is 0 Å². The van der Waals surface area contributed by atoms with E-state index >= 15 is 0 Å². The summed E-state index contributed by atoms with van der Waals surface area (Å²) in [4.78, 5) is 0. The Morgan fingerprint density at radius 1 is 1.67 bits per heavy atom. The van der Waals surface area contributed by atoms with E-state index in [-0.39, 0.29) is 18.9 Å². The molecule has 0 heterocycles. The average Bonchev–Trinajstić information content (AvgIpc) is 1.38. The molecule has 0 aromatic heterocycles. The molecule has 0 aromatic rings. The molecule has 1 heteroatoms. The van der Waals surface area contributed by atoms with Crippen LogP contribution in [0.3, 0.4) is 0 Å². The largest absolute Gasteiger partial charge is 1.00 e. The van der Waals surface area contributed by atoms with Gasteiger partial charge in [-0.15, -0.1) is 0 Å². The Labute approximate surface area is 52.5 Å². The van der Waals surface area contributed by atoms with Gasteiger partial charge in [0, 0.05) is 0 Å².